The van der Waals surface area contributed by atoms with E-state index < -0.39 is 0 Å². The molecule has 3 rings (SSSR count). The Hall–Kier alpha value is -1.82. The second-order valence-corrected chi connectivity index (χ2v) is 11.5. The molecule has 0 aliphatic heterocycles. The van der Waals surface area contributed by atoms with Crippen LogP contribution in [0.2, 0.25) is 10.0 Å². The number of rotatable bonds is 9. The first kappa shape index (κ1) is 27.8. The summed E-state index contributed by atoms with van der Waals surface area (Å²) < 4.78 is 2.92. The van der Waals surface area contributed by atoms with E-state index in [4.69, 9.17) is 23.2 Å². The van der Waals surface area contributed by atoms with Gasteiger partial charge in [0.1, 0.15) is 0 Å². The molecule has 11 heteroatoms. The van der Waals surface area contributed by atoms with E-state index in [0.29, 0.717) is 28.0 Å². The van der Waals surface area contributed by atoms with E-state index >= 15 is 0 Å². The van der Waals surface area contributed by atoms with Crippen LogP contribution in [0.25, 0.3) is 0 Å². The number of aryl methyl sites for hydroxylation is 1. The molecular formula is C24H26Cl2IN5O2S. The van der Waals surface area contributed by atoms with Crippen molar-refractivity contribution in [1.29, 1.82) is 0 Å². The SMILES string of the molecule is Cc1cc(I)ccc1NC(=O)CSc1nnc([C@H](CC(C)C)NC(=O)c2ccc(Cl)cc2Cl)n1C. The molecule has 1 heterocycles. The van der Waals surface area contributed by atoms with Crippen LogP contribution in [0.15, 0.2) is 41.6 Å². The standard InChI is InChI=1S/C24H26Cl2IN5O2S/c1-13(2)9-20(29-23(34)17-7-5-15(25)11-18(17)26)22-30-31-24(32(22)4)35-12-21(33)28-19-8-6-16(27)10-14(19)3/h5-8,10-11,13,20H,9,12H2,1-4H3,(H,28,33)(H,29,34)/t20-/m0/s1. The molecule has 1 aromatic heterocycles. The number of halogens is 3. The monoisotopic (exact) mass is 645 g/mol. The molecule has 2 aromatic carbocycles. The lowest BCUT2D eigenvalue weighted by atomic mass is 10.0. The van der Waals surface area contributed by atoms with E-state index in [-0.39, 0.29) is 34.5 Å². The fourth-order valence-corrected chi connectivity index (χ4v) is 5.31. The summed E-state index contributed by atoms with van der Waals surface area (Å²) in [5.41, 5.74) is 2.13. The lowest BCUT2D eigenvalue weighted by Crippen LogP contribution is -2.31. The zero-order valence-corrected chi connectivity index (χ0v) is 24.2. The van der Waals surface area contributed by atoms with Gasteiger partial charge in [-0.3, -0.25) is 9.59 Å². The second-order valence-electron chi connectivity index (χ2n) is 8.48. The van der Waals surface area contributed by atoms with Gasteiger partial charge in [-0.25, -0.2) is 0 Å². The Morgan fingerprint density at radius 3 is 2.54 bits per heavy atom. The first-order valence-electron chi connectivity index (χ1n) is 10.9. The number of aromatic nitrogens is 3. The molecule has 2 amide bonds. The zero-order valence-electron chi connectivity index (χ0n) is 19.7. The van der Waals surface area contributed by atoms with Gasteiger partial charge >= 0.3 is 0 Å². The first-order valence-corrected chi connectivity index (χ1v) is 13.7. The molecule has 0 aliphatic rings. The van der Waals surface area contributed by atoms with Crippen LogP contribution in [0, 0.1) is 16.4 Å². The largest absolute Gasteiger partial charge is 0.342 e. The Balaban J connectivity index is 1.70. The van der Waals surface area contributed by atoms with Crippen LogP contribution < -0.4 is 10.6 Å². The van der Waals surface area contributed by atoms with Crippen LogP contribution in [0.5, 0.6) is 0 Å². The number of benzene rings is 2. The highest BCUT2D eigenvalue weighted by molar-refractivity contribution is 14.1. The topological polar surface area (TPSA) is 88.9 Å². The summed E-state index contributed by atoms with van der Waals surface area (Å²) in [6.07, 6.45) is 0.653. The molecule has 1 atom stereocenters. The Kier molecular flexibility index (Phi) is 9.86. The number of carbonyl (C=O) groups is 2. The highest BCUT2D eigenvalue weighted by atomic mass is 127. The van der Waals surface area contributed by atoms with Crippen molar-refractivity contribution in [1.82, 2.24) is 20.1 Å². The van der Waals surface area contributed by atoms with Crippen LogP contribution in [0.4, 0.5) is 5.69 Å². The van der Waals surface area contributed by atoms with Crippen LogP contribution in [-0.4, -0.2) is 32.3 Å². The summed E-state index contributed by atoms with van der Waals surface area (Å²) in [5.74, 6) is 0.624. The molecule has 7 nitrogen and oxygen atoms in total. The predicted molar refractivity (Wildman–Crippen MR) is 150 cm³/mol. The molecule has 0 saturated heterocycles. The summed E-state index contributed by atoms with van der Waals surface area (Å²) >= 11 is 15.7. The molecule has 0 radical (unpaired) electrons. The van der Waals surface area contributed by atoms with Crippen molar-refractivity contribution in [2.75, 3.05) is 11.1 Å². The lowest BCUT2D eigenvalue weighted by Gasteiger charge is -2.20. The van der Waals surface area contributed by atoms with Crippen molar-refractivity contribution in [2.45, 2.75) is 38.4 Å². The summed E-state index contributed by atoms with van der Waals surface area (Å²) in [6.45, 7) is 6.09. The van der Waals surface area contributed by atoms with Gasteiger partial charge in [-0.15, -0.1) is 10.2 Å². The fourth-order valence-electron chi connectivity index (χ4n) is 3.45. The summed E-state index contributed by atoms with van der Waals surface area (Å²) in [6, 6.07) is 10.2. The smallest absolute Gasteiger partial charge is 0.253 e. The van der Waals surface area contributed by atoms with E-state index in [1.807, 2.05) is 36.7 Å². The maximum absolute atomic E-state index is 12.9. The summed E-state index contributed by atoms with van der Waals surface area (Å²) in [4.78, 5) is 25.5. The van der Waals surface area contributed by atoms with Gasteiger partial charge in [-0.1, -0.05) is 48.8 Å². The number of nitrogens with zero attached hydrogens (tertiary/aromatic N) is 3. The first-order chi connectivity index (χ1) is 16.5. The van der Waals surface area contributed by atoms with Crippen LogP contribution in [0.1, 0.15) is 48.1 Å². The average molecular weight is 646 g/mol. The average Bonchev–Trinajstić information content (AvgIpc) is 3.13. The van der Waals surface area contributed by atoms with Crippen molar-refractivity contribution in [3.63, 3.8) is 0 Å². The van der Waals surface area contributed by atoms with E-state index in [0.717, 1.165) is 14.8 Å². The number of nitrogens with one attached hydrogen (secondary N) is 2. The number of carbonyl (C=O) groups excluding carboxylic acids is 2. The highest BCUT2D eigenvalue weighted by Gasteiger charge is 2.24. The third kappa shape index (κ3) is 7.58. The quantitative estimate of drug-likeness (QED) is 0.211. The van der Waals surface area contributed by atoms with Crippen LogP contribution in [-0.2, 0) is 11.8 Å². The molecule has 3 aromatic rings. The number of hydrogen-bond donors (Lipinski definition) is 2. The highest BCUT2D eigenvalue weighted by Crippen LogP contribution is 2.26. The van der Waals surface area contributed by atoms with Crippen molar-refractivity contribution in [2.24, 2.45) is 13.0 Å². The third-order valence-corrected chi connectivity index (χ3v) is 7.40. The molecular weight excluding hydrogens is 620 g/mol. The minimum atomic E-state index is -0.385. The summed E-state index contributed by atoms with van der Waals surface area (Å²) in [7, 11) is 1.83. The maximum atomic E-state index is 12.9. The van der Waals surface area contributed by atoms with E-state index in [1.165, 1.54) is 17.8 Å². The van der Waals surface area contributed by atoms with Gasteiger partial charge in [-0.2, -0.15) is 0 Å². The predicted octanol–water partition coefficient (Wildman–Crippen LogP) is 6.28. The number of anilines is 1. The van der Waals surface area contributed by atoms with Crippen molar-refractivity contribution >= 4 is 75.1 Å². The molecule has 0 saturated carbocycles. The molecule has 186 valence electrons. The molecule has 0 bridgehead atoms. The molecule has 2 N–H and O–H groups in total. The normalized spacial score (nSPS) is 12.0. The molecule has 0 spiro atoms. The summed E-state index contributed by atoms with van der Waals surface area (Å²) in [5, 5.41) is 15.9. The molecule has 0 fully saturated rings. The number of amides is 2. The zero-order chi connectivity index (χ0) is 25.7. The van der Waals surface area contributed by atoms with Gasteiger partial charge in [0.15, 0.2) is 11.0 Å². The molecule has 0 unspecified atom stereocenters. The van der Waals surface area contributed by atoms with Crippen LogP contribution >= 0.6 is 57.6 Å². The minimum absolute atomic E-state index is 0.131. The van der Waals surface area contributed by atoms with Gasteiger partial charge < -0.3 is 15.2 Å². The molecule has 0 aliphatic carbocycles. The number of thioether (sulfide) groups is 1. The van der Waals surface area contributed by atoms with Gasteiger partial charge in [0, 0.05) is 21.3 Å². The van der Waals surface area contributed by atoms with Crippen molar-refractivity contribution in [3.8, 4) is 0 Å². The third-order valence-electron chi connectivity index (χ3n) is 5.16. The van der Waals surface area contributed by atoms with Crippen molar-refractivity contribution < 1.29 is 9.59 Å². The molecule has 35 heavy (non-hydrogen) atoms. The van der Waals surface area contributed by atoms with E-state index in [2.05, 4.69) is 57.3 Å². The van der Waals surface area contributed by atoms with Crippen LogP contribution in [0.3, 0.4) is 0 Å². The Morgan fingerprint density at radius 2 is 1.89 bits per heavy atom. The Morgan fingerprint density at radius 1 is 1.14 bits per heavy atom. The van der Waals surface area contributed by atoms with E-state index in [9.17, 15) is 9.59 Å². The Bertz CT molecular complexity index is 1230. The van der Waals surface area contributed by atoms with Gasteiger partial charge in [0.05, 0.1) is 22.4 Å². The van der Waals surface area contributed by atoms with Gasteiger partial charge in [0.25, 0.3) is 5.91 Å². The van der Waals surface area contributed by atoms with Crippen molar-refractivity contribution in [3.05, 3.63) is 67.0 Å². The minimum Gasteiger partial charge on any atom is -0.342 e. The number of hydrogen-bond acceptors (Lipinski definition) is 5. The maximum Gasteiger partial charge on any atom is 0.253 e. The second kappa shape index (κ2) is 12.4. The lowest BCUT2D eigenvalue weighted by molar-refractivity contribution is -0.113. The van der Waals surface area contributed by atoms with Gasteiger partial charge in [0.2, 0.25) is 5.91 Å². The fraction of sp³-hybridized carbons (Fsp3) is 0.333. The van der Waals surface area contributed by atoms with Gasteiger partial charge in [-0.05, 0) is 83.8 Å². The van der Waals surface area contributed by atoms with E-state index in [1.54, 1.807) is 12.1 Å². The Labute approximate surface area is 232 Å².